The van der Waals surface area contributed by atoms with E-state index >= 15 is 0 Å². The molecule has 1 atom stereocenters. The molecule has 116 valence electrons. The van der Waals surface area contributed by atoms with Crippen LogP contribution in [0, 0.1) is 0 Å². The van der Waals surface area contributed by atoms with Gasteiger partial charge < -0.3 is 10.1 Å². The minimum Gasteiger partial charge on any atom is -0.481 e. The smallest absolute Gasteiger partial charge is 0.260 e. The summed E-state index contributed by atoms with van der Waals surface area (Å²) in [6.45, 7) is 8.28. The molecular weight excluding hydrogens is 262 g/mol. The summed E-state index contributed by atoms with van der Waals surface area (Å²) in [4.78, 5) is 12.2. The third-order valence-electron chi connectivity index (χ3n) is 4.07. The van der Waals surface area contributed by atoms with E-state index in [1.165, 1.54) is 12.8 Å². The summed E-state index contributed by atoms with van der Waals surface area (Å²) in [5.74, 6) is 0.796. The average Bonchev–Trinajstić information content (AvgIpc) is 2.91. The van der Waals surface area contributed by atoms with Crippen LogP contribution in [0.1, 0.15) is 58.9 Å². The van der Waals surface area contributed by atoms with Gasteiger partial charge in [0.1, 0.15) is 5.75 Å². The lowest BCUT2D eigenvalue weighted by molar-refractivity contribution is -0.128. The zero-order valence-electron chi connectivity index (χ0n) is 13.6. The maximum Gasteiger partial charge on any atom is 0.260 e. The summed E-state index contributed by atoms with van der Waals surface area (Å²) >= 11 is 0. The number of carbonyl (C=O) groups excluding carboxylic acids is 1. The highest BCUT2D eigenvalue weighted by atomic mass is 16.5. The molecule has 0 radical (unpaired) electrons. The van der Waals surface area contributed by atoms with E-state index in [0.717, 1.165) is 24.2 Å². The molecule has 0 aromatic heterocycles. The first-order chi connectivity index (χ1) is 9.88. The van der Waals surface area contributed by atoms with E-state index in [-0.39, 0.29) is 11.3 Å². The summed E-state index contributed by atoms with van der Waals surface area (Å²) < 4.78 is 5.93. The number of benzene rings is 1. The van der Waals surface area contributed by atoms with Gasteiger partial charge in [-0.25, -0.2) is 0 Å². The van der Waals surface area contributed by atoms with Gasteiger partial charge in [-0.05, 0) is 36.8 Å². The Kier molecular flexibility index (Phi) is 4.92. The molecule has 1 unspecified atom stereocenters. The fourth-order valence-electron chi connectivity index (χ4n) is 2.82. The SMILES string of the molecule is CC(Oc1ccccc1C(C)(C)C)C(=O)NC1CCCC1. The quantitative estimate of drug-likeness (QED) is 0.915. The molecule has 1 aliphatic carbocycles. The Morgan fingerprint density at radius 2 is 1.86 bits per heavy atom. The minimum atomic E-state index is -0.464. The standard InChI is InChI=1S/C18H27NO2/c1-13(17(20)19-14-9-5-6-10-14)21-16-12-8-7-11-15(16)18(2,3)4/h7-8,11-14H,5-6,9-10H2,1-4H3,(H,19,20). The van der Waals surface area contributed by atoms with Crippen molar-refractivity contribution in [3.05, 3.63) is 29.8 Å². The van der Waals surface area contributed by atoms with Crippen molar-refractivity contribution < 1.29 is 9.53 Å². The second-order valence-electron chi connectivity index (χ2n) is 7.00. The molecule has 1 amide bonds. The van der Waals surface area contributed by atoms with E-state index in [0.29, 0.717) is 6.04 Å². The zero-order valence-corrected chi connectivity index (χ0v) is 13.6. The van der Waals surface area contributed by atoms with Crippen molar-refractivity contribution in [2.75, 3.05) is 0 Å². The summed E-state index contributed by atoms with van der Waals surface area (Å²) in [6.07, 6.45) is 4.16. The third-order valence-corrected chi connectivity index (χ3v) is 4.07. The highest BCUT2D eigenvalue weighted by Gasteiger charge is 2.24. The van der Waals surface area contributed by atoms with Crippen molar-refractivity contribution in [1.82, 2.24) is 5.32 Å². The molecule has 21 heavy (non-hydrogen) atoms. The van der Waals surface area contributed by atoms with Crippen LogP contribution >= 0.6 is 0 Å². The maximum atomic E-state index is 12.2. The normalized spacial score (nSPS) is 17.5. The van der Waals surface area contributed by atoms with Gasteiger partial charge in [0.05, 0.1) is 0 Å². The Balaban J connectivity index is 2.02. The Bertz CT molecular complexity index is 484. The molecule has 3 nitrogen and oxygen atoms in total. The molecule has 2 rings (SSSR count). The molecule has 0 heterocycles. The molecule has 1 saturated carbocycles. The van der Waals surface area contributed by atoms with Gasteiger partial charge in [0.25, 0.3) is 5.91 Å². The van der Waals surface area contributed by atoms with Gasteiger partial charge in [0.15, 0.2) is 6.10 Å². The lowest BCUT2D eigenvalue weighted by Crippen LogP contribution is -2.41. The van der Waals surface area contributed by atoms with Crippen LogP contribution in [0.15, 0.2) is 24.3 Å². The van der Waals surface area contributed by atoms with Gasteiger partial charge in [-0.3, -0.25) is 4.79 Å². The number of carbonyl (C=O) groups is 1. The molecule has 1 aromatic rings. The maximum absolute atomic E-state index is 12.2. The number of rotatable bonds is 4. The largest absolute Gasteiger partial charge is 0.481 e. The highest BCUT2D eigenvalue weighted by Crippen LogP contribution is 2.31. The lowest BCUT2D eigenvalue weighted by atomic mass is 9.86. The Morgan fingerprint density at radius 3 is 2.48 bits per heavy atom. The lowest BCUT2D eigenvalue weighted by Gasteiger charge is -2.25. The van der Waals surface area contributed by atoms with E-state index in [1.54, 1.807) is 0 Å². The van der Waals surface area contributed by atoms with Gasteiger partial charge in [-0.15, -0.1) is 0 Å². The van der Waals surface area contributed by atoms with Crippen LogP contribution < -0.4 is 10.1 Å². The number of hydrogen-bond acceptors (Lipinski definition) is 2. The van der Waals surface area contributed by atoms with Crippen LogP contribution in [-0.4, -0.2) is 18.1 Å². The summed E-state index contributed by atoms with van der Waals surface area (Å²) in [7, 11) is 0. The molecule has 1 fully saturated rings. The van der Waals surface area contributed by atoms with Crippen LogP contribution in [0.4, 0.5) is 0 Å². The summed E-state index contributed by atoms with van der Waals surface area (Å²) in [5.41, 5.74) is 1.13. The van der Waals surface area contributed by atoms with E-state index in [2.05, 4.69) is 32.2 Å². The van der Waals surface area contributed by atoms with E-state index < -0.39 is 6.10 Å². The van der Waals surface area contributed by atoms with Crippen LogP contribution in [0.2, 0.25) is 0 Å². The second-order valence-corrected chi connectivity index (χ2v) is 7.00. The van der Waals surface area contributed by atoms with E-state index in [9.17, 15) is 4.79 Å². The van der Waals surface area contributed by atoms with Crippen molar-refractivity contribution in [2.45, 2.75) is 70.9 Å². The Labute approximate surface area is 128 Å². The minimum absolute atomic E-state index is 0.00174. The Morgan fingerprint density at radius 1 is 1.24 bits per heavy atom. The molecule has 0 bridgehead atoms. The topological polar surface area (TPSA) is 38.3 Å². The Hall–Kier alpha value is -1.51. The average molecular weight is 289 g/mol. The fraction of sp³-hybridized carbons (Fsp3) is 0.611. The first-order valence-corrected chi connectivity index (χ1v) is 7.94. The van der Waals surface area contributed by atoms with Gasteiger partial charge in [0, 0.05) is 6.04 Å². The van der Waals surface area contributed by atoms with Crippen molar-refractivity contribution >= 4 is 5.91 Å². The molecule has 1 N–H and O–H groups in total. The molecule has 1 aromatic carbocycles. The fourth-order valence-corrected chi connectivity index (χ4v) is 2.82. The van der Waals surface area contributed by atoms with Crippen molar-refractivity contribution in [1.29, 1.82) is 0 Å². The molecular formula is C18H27NO2. The molecule has 0 saturated heterocycles. The van der Waals surface area contributed by atoms with Gasteiger partial charge in [-0.1, -0.05) is 51.8 Å². The number of hydrogen-bond donors (Lipinski definition) is 1. The first-order valence-electron chi connectivity index (χ1n) is 7.94. The summed E-state index contributed by atoms with van der Waals surface area (Å²) in [5, 5.41) is 3.09. The number of amides is 1. The zero-order chi connectivity index (χ0) is 15.5. The summed E-state index contributed by atoms with van der Waals surface area (Å²) in [6, 6.07) is 8.31. The van der Waals surface area contributed by atoms with Crippen LogP contribution in [0.3, 0.4) is 0 Å². The van der Waals surface area contributed by atoms with Gasteiger partial charge in [0.2, 0.25) is 0 Å². The van der Waals surface area contributed by atoms with Gasteiger partial charge in [-0.2, -0.15) is 0 Å². The molecule has 1 aliphatic rings. The molecule has 0 spiro atoms. The monoisotopic (exact) mass is 289 g/mol. The van der Waals surface area contributed by atoms with Crippen LogP contribution in [-0.2, 0) is 10.2 Å². The van der Waals surface area contributed by atoms with Crippen LogP contribution in [0.25, 0.3) is 0 Å². The predicted octanol–water partition coefficient (Wildman–Crippen LogP) is 3.81. The van der Waals surface area contributed by atoms with Gasteiger partial charge >= 0.3 is 0 Å². The predicted molar refractivity (Wildman–Crippen MR) is 85.6 cm³/mol. The van der Waals surface area contributed by atoms with E-state index in [4.69, 9.17) is 4.74 Å². The van der Waals surface area contributed by atoms with Crippen molar-refractivity contribution in [3.8, 4) is 5.75 Å². The van der Waals surface area contributed by atoms with Crippen molar-refractivity contribution in [2.24, 2.45) is 0 Å². The molecule has 0 aliphatic heterocycles. The van der Waals surface area contributed by atoms with E-state index in [1.807, 2.05) is 25.1 Å². The highest BCUT2D eigenvalue weighted by molar-refractivity contribution is 5.81. The first kappa shape index (κ1) is 15.9. The number of ether oxygens (including phenoxy) is 1. The third kappa shape index (κ3) is 4.23. The van der Waals surface area contributed by atoms with Crippen LogP contribution in [0.5, 0.6) is 5.75 Å². The number of nitrogens with one attached hydrogen (secondary N) is 1. The number of para-hydroxylation sites is 1. The second kappa shape index (κ2) is 6.50. The van der Waals surface area contributed by atoms with Crippen molar-refractivity contribution in [3.63, 3.8) is 0 Å². The molecule has 3 heteroatoms.